The second kappa shape index (κ2) is 11.8. The molecule has 32 heavy (non-hydrogen) atoms. The summed E-state index contributed by atoms with van der Waals surface area (Å²) in [5.41, 5.74) is 4.63. The lowest BCUT2D eigenvalue weighted by Gasteiger charge is -2.34. The number of esters is 1. The summed E-state index contributed by atoms with van der Waals surface area (Å²) in [5, 5.41) is 0. The number of methoxy groups -OCH3 is 1. The molecule has 0 atom stereocenters. The number of rotatable bonds is 9. The molecule has 1 aliphatic rings. The second-order valence-corrected chi connectivity index (χ2v) is 8.92. The van der Waals surface area contributed by atoms with Gasteiger partial charge in [0.15, 0.2) is 0 Å². The number of benzene rings is 2. The topological polar surface area (TPSA) is 46.6 Å². The van der Waals surface area contributed by atoms with Gasteiger partial charge in [-0.15, -0.1) is 0 Å². The van der Waals surface area contributed by atoms with Crippen molar-refractivity contribution in [2.45, 2.75) is 77.7 Å². The number of unbranched alkanes of at least 4 members (excludes halogenated alkanes) is 1. The van der Waals surface area contributed by atoms with E-state index in [1.54, 1.807) is 0 Å². The normalized spacial score (nSPS) is 14.2. The van der Waals surface area contributed by atoms with Gasteiger partial charge < -0.3 is 9.64 Å². The molecule has 0 aliphatic heterocycles. The first-order valence-corrected chi connectivity index (χ1v) is 12.1. The summed E-state index contributed by atoms with van der Waals surface area (Å²) in [7, 11) is 1.41. The average Bonchev–Trinajstić information content (AvgIpc) is 2.83. The zero-order chi connectivity index (χ0) is 22.9. The Hall–Kier alpha value is -2.62. The van der Waals surface area contributed by atoms with Crippen molar-refractivity contribution in [3.63, 3.8) is 0 Å². The van der Waals surface area contributed by atoms with E-state index in [0.29, 0.717) is 24.4 Å². The van der Waals surface area contributed by atoms with Gasteiger partial charge in [0, 0.05) is 19.0 Å². The van der Waals surface area contributed by atoms with Crippen LogP contribution in [-0.4, -0.2) is 36.5 Å². The van der Waals surface area contributed by atoms with Crippen molar-refractivity contribution in [1.29, 1.82) is 0 Å². The summed E-state index contributed by atoms with van der Waals surface area (Å²) >= 11 is 0. The molecule has 0 N–H and O–H groups in total. The molecular weight excluding hydrogens is 398 g/mol. The van der Waals surface area contributed by atoms with E-state index in [2.05, 4.69) is 17.9 Å². The van der Waals surface area contributed by atoms with Gasteiger partial charge in [0.05, 0.1) is 12.7 Å². The molecule has 0 heterocycles. The van der Waals surface area contributed by atoms with Gasteiger partial charge in [0.1, 0.15) is 0 Å². The van der Waals surface area contributed by atoms with E-state index in [1.165, 1.54) is 26.4 Å². The van der Waals surface area contributed by atoms with Crippen LogP contribution < -0.4 is 0 Å². The van der Waals surface area contributed by atoms with Gasteiger partial charge in [0.2, 0.25) is 5.91 Å². The lowest BCUT2D eigenvalue weighted by atomic mass is 9.92. The molecule has 1 saturated carbocycles. The number of ether oxygens (including phenoxy) is 1. The molecule has 4 heteroatoms. The Morgan fingerprint density at radius 2 is 1.78 bits per heavy atom. The number of carbonyl (C=O) groups is 2. The maximum Gasteiger partial charge on any atom is 0.338 e. The van der Waals surface area contributed by atoms with Crippen LogP contribution in [0.4, 0.5) is 0 Å². The highest BCUT2D eigenvalue weighted by atomic mass is 16.5. The van der Waals surface area contributed by atoms with E-state index in [9.17, 15) is 9.59 Å². The lowest BCUT2D eigenvalue weighted by molar-refractivity contribution is -0.134. The predicted octanol–water partition coefficient (Wildman–Crippen LogP) is 6.34. The fourth-order valence-corrected chi connectivity index (χ4v) is 4.76. The highest BCUT2D eigenvalue weighted by Crippen LogP contribution is 2.29. The van der Waals surface area contributed by atoms with Crippen molar-refractivity contribution in [2.75, 3.05) is 13.7 Å². The third-order valence-electron chi connectivity index (χ3n) is 6.64. The molecule has 1 aliphatic carbocycles. The Morgan fingerprint density at radius 1 is 1.03 bits per heavy atom. The van der Waals surface area contributed by atoms with Crippen LogP contribution >= 0.6 is 0 Å². The van der Waals surface area contributed by atoms with E-state index in [-0.39, 0.29) is 11.9 Å². The van der Waals surface area contributed by atoms with Gasteiger partial charge in [0.25, 0.3) is 0 Å². The maximum atomic E-state index is 13.2. The van der Waals surface area contributed by atoms with Crippen LogP contribution in [0, 0.1) is 6.92 Å². The number of carbonyl (C=O) groups excluding carboxylic acids is 2. The molecule has 1 fully saturated rings. The molecule has 0 unspecified atom stereocenters. The molecule has 4 nitrogen and oxygen atoms in total. The summed E-state index contributed by atoms with van der Waals surface area (Å²) in [6.07, 6.45) is 9.38. The molecule has 1 amide bonds. The van der Waals surface area contributed by atoms with Gasteiger partial charge in [-0.1, -0.05) is 69.0 Å². The van der Waals surface area contributed by atoms with Gasteiger partial charge in [-0.3, -0.25) is 4.79 Å². The smallest absolute Gasteiger partial charge is 0.338 e. The average molecular weight is 436 g/mol. The van der Waals surface area contributed by atoms with Crippen LogP contribution in [0.15, 0.2) is 42.5 Å². The van der Waals surface area contributed by atoms with E-state index < -0.39 is 0 Å². The molecule has 172 valence electrons. The largest absolute Gasteiger partial charge is 0.465 e. The van der Waals surface area contributed by atoms with Crippen LogP contribution in [0.5, 0.6) is 0 Å². The van der Waals surface area contributed by atoms with Crippen molar-refractivity contribution in [3.05, 3.63) is 59.2 Å². The van der Waals surface area contributed by atoms with Crippen LogP contribution in [0.25, 0.3) is 11.1 Å². The summed E-state index contributed by atoms with van der Waals surface area (Å²) < 4.78 is 5.01. The van der Waals surface area contributed by atoms with E-state index in [0.717, 1.165) is 54.5 Å². The zero-order valence-corrected chi connectivity index (χ0v) is 19.9. The molecule has 0 aromatic heterocycles. The fraction of sp³-hybridized carbons (Fsp3) is 0.500. The summed E-state index contributed by atoms with van der Waals surface area (Å²) in [5.74, 6) is -0.0752. The number of hydrogen-bond acceptors (Lipinski definition) is 3. The number of aryl methyl sites for hydroxylation is 2. The van der Waals surface area contributed by atoms with Crippen molar-refractivity contribution in [1.82, 2.24) is 4.90 Å². The van der Waals surface area contributed by atoms with Crippen LogP contribution in [-0.2, 0) is 16.0 Å². The quantitative estimate of drug-likeness (QED) is 0.432. The van der Waals surface area contributed by atoms with E-state index in [4.69, 9.17) is 4.74 Å². The van der Waals surface area contributed by atoms with Gasteiger partial charge >= 0.3 is 5.97 Å². The Morgan fingerprint density at radius 3 is 2.47 bits per heavy atom. The summed E-state index contributed by atoms with van der Waals surface area (Å²) in [4.78, 5) is 27.7. The van der Waals surface area contributed by atoms with Gasteiger partial charge in [-0.25, -0.2) is 4.79 Å². The van der Waals surface area contributed by atoms with Crippen molar-refractivity contribution >= 4 is 11.9 Å². The molecular formula is C28H37NO3. The highest BCUT2D eigenvalue weighted by molar-refractivity contribution is 5.97. The monoisotopic (exact) mass is 435 g/mol. The molecule has 2 aromatic carbocycles. The Balaban J connectivity index is 1.79. The molecule has 0 saturated heterocycles. The zero-order valence-electron chi connectivity index (χ0n) is 19.9. The van der Waals surface area contributed by atoms with Gasteiger partial charge in [-0.05, 0) is 60.9 Å². The highest BCUT2D eigenvalue weighted by Gasteiger charge is 2.25. The third-order valence-corrected chi connectivity index (χ3v) is 6.64. The number of amides is 1. The van der Waals surface area contributed by atoms with Crippen LogP contribution in [0.3, 0.4) is 0 Å². The fourth-order valence-electron chi connectivity index (χ4n) is 4.76. The molecule has 3 rings (SSSR count). The standard InChI is InChI=1S/C28H37NO3/c1-4-5-19-29(23-12-7-6-8-13-23)27(30)18-16-22-15-17-25(28(31)32-3)26(20-22)24-14-10-9-11-21(24)2/h9-11,14-15,17,20,23H,4-8,12-13,16,18-19H2,1-3H3. The molecule has 0 radical (unpaired) electrons. The summed E-state index contributed by atoms with van der Waals surface area (Å²) in [6.45, 7) is 5.09. The molecule has 2 aromatic rings. The minimum Gasteiger partial charge on any atom is -0.465 e. The first kappa shape index (κ1) is 24.0. The first-order chi connectivity index (χ1) is 15.5. The van der Waals surface area contributed by atoms with Gasteiger partial charge in [-0.2, -0.15) is 0 Å². The maximum absolute atomic E-state index is 13.2. The molecule has 0 bridgehead atoms. The predicted molar refractivity (Wildman–Crippen MR) is 130 cm³/mol. The van der Waals surface area contributed by atoms with Crippen molar-refractivity contribution in [3.8, 4) is 11.1 Å². The van der Waals surface area contributed by atoms with Crippen LogP contribution in [0.1, 0.15) is 79.8 Å². The van der Waals surface area contributed by atoms with E-state index in [1.807, 2.05) is 43.3 Å². The second-order valence-electron chi connectivity index (χ2n) is 8.92. The third kappa shape index (κ3) is 5.99. The minimum atomic E-state index is -0.339. The number of hydrogen-bond donors (Lipinski definition) is 0. The Kier molecular flexibility index (Phi) is 8.90. The Bertz CT molecular complexity index is 915. The SMILES string of the molecule is CCCCN(C(=O)CCc1ccc(C(=O)OC)c(-c2ccccc2C)c1)C1CCCCC1. The van der Waals surface area contributed by atoms with Crippen molar-refractivity contribution in [2.24, 2.45) is 0 Å². The first-order valence-electron chi connectivity index (χ1n) is 12.1. The minimum absolute atomic E-state index is 0.264. The van der Waals surface area contributed by atoms with Crippen molar-refractivity contribution < 1.29 is 14.3 Å². The molecule has 0 spiro atoms. The number of nitrogens with zero attached hydrogens (tertiary/aromatic N) is 1. The lowest BCUT2D eigenvalue weighted by Crippen LogP contribution is -2.42. The van der Waals surface area contributed by atoms with Crippen LogP contribution in [0.2, 0.25) is 0 Å². The Labute approximate surface area is 193 Å². The van der Waals surface area contributed by atoms with E-state index >= 15 is 0 Å². The summed E-state index contributed by atoms with van der Waals surface area (Å²) in [6, 6.07) is 14.3.